The van der Waals surface area contributed by atoms with Crippen molar-refractivity contribution < 1.29 is 17.9 Å². The van der Waals surface area contributed by atoms with E-state index in [4.69, 9.17) is 16.3 Å². The lowest BCUT2D eigenvalue weighted by Crippen LogP contribution is -2.38. The van der Waals surface area contributed by atoms with E-state index in [-0.39, 0.29) is 13.0 Å². The maximum atomic E-state index is 12.3. The number of pyridine rings is 1. The quantitative estimate of drug-likeness (QED) is 0.567. The molecule has 2 unspecified atom stereocenters. The number of halogens is 1. The van der Waals surface area contributed by atoms with Gasteiger partial charge in [0.05, 0.1) is 23.7 Å². The van der Waals surface area contributed by atoms with Crippen LogP contribution in [-0.4, -0.2) is 60.4 Å². The van der Waals surface area contributed by atoms with Gasteiger partial charge in [0.2, 0.25) is 0 Å². The zero-order valence-electron chi connectivity index (χ0n) is 14.6. The van der Waals surface area contributed by atoms with E-state index in [0.717, 1.165) is 5.69 Å². The predicted molar refractivity (Wildman–Crippen MR) is 97.5 cm³/mol. The molecule has 0 spiro atoms. The van der Waals surface area contributed by atoms with Crippen LogP contribution in [0.15, 0.2) is 24.4 Å². The van der Waals surface area contributed by atoms with Crippen molar-refractivity contribution in [3.05, 3.63) is 35.2 Å². The van der Waals surface area contributed by atoms with Crippen molar-refractivity contribution in [3.8, 4) is 5.69 Å². The van der Waals surface area contributed by atoms with E-state index in [1.165, 1.54) is 13.4 Å². The fraction of sp³-hybridized carbons (Fsp3) is 0.438. The predicted octanol–water partition coefficient (Wildman–Crippen LogP) is 1.39. The van der Waals surface area contributed by atoms with Gasteiger partial charge in [0, 0.05) is 31.1 Å². The molecule has 0 radical (unpaired) electrons. The van der Waals surface area contributed by atoms with E-state index >= 15 is 0 Å². The molecule has 10 heteroatoms. The average molecular weight is 399 g/mol. The summed E-state index contributed by atoms with van der Waals surface area (Å²) in [6.45, 7) is 2.00. The molecule has 2 aromatic rings. The molecule has 8 nitrogen and oxygen atoms in total. The van der Waals surface area contributed by atoms with Crippen molar-refractivity contribution in [1.29, 1.82) is 0 Å². The van der Waals surface area contributed by atoms with E-state index in [1.807, 2.05) is 6.92 Å². The molecule has 26 heavy (non-hydrogen) atoms. The Morgan fingerprint density at radius 2 is 2.12 bits per heavy atom. The standard InChI is InChI=1S/C16H19ClN4O4S/c1-10-6-15(21(19-10)11-4-5-18-14(17)7-11)20-9-12(26(3,23)24)8-13(20)16(22)25-2/h4-7,12-13H,8-9H2,1-3H3. The molecular weight excluding hydrogens is 380 g/mol. The SMILES string of the molecule is COC(=O)C1CC(S(C)(=O)=O)CN1c1cc(C)nn1-c1ccnc(Cl)c1. The lowest BCUT2D eigenvalue weighted by Gasteiger charge is -2.25. The molecule has 0 aliphatic carbocycles. The Hall–Kier alpha value is -2.13. The molecule has 0 bridgehead atoms. The molecule has 1 saturated heterocycles. The number of ether oxygens (including phenoxy) is 1. The molecule has 1 aliphatic rings. The number of anilines is 1. The summed E-state index contributed by atoms with van der Waals surface area (Å²) < 4.78 is 30.6. The Labute approximate surface area is 156 Å². The molecule has 0 amide bonds. The zero-order valence-corrected chi connectivity index (χ0v) is 16.2. The van der Waals surface area contributed by atoms with Crippen LogP contribution in [0.25, 0.3) is 5.69 Å². The van der Waals surface area contributed by atoms with Gasteiger partial charge in [0.15, 0.2) is 9.84 Å². The highest BCUT2D eigenvalue weighted by atomic mass is 35.5. The van der Waals surface area contributed by atoms with Crippen LogP contribution in [0.5, 0.6) is 0 Å². The number of nitrogens with zero attached hydrogens (tertiary/aromatic N) is 4. The van der Waals surface area contributed by atoms with Gasteiger partial charge in [-0.25, -0.2) is 22.9 Å². The highest BCUT2D eigenvalue weighted by Crippen LogP contribution is 2.32. The summed E-state index contributed by atoms with van der Waals surface area (Å²) >= 11 is 5.98. The van der Waals surface area contributed by atoms with Crippen LogP contribution in [0.4, 0.5) is 5.82 Å². The van der Waals surface area contributed by atoms with Crippen molar-refractivity contribution in [2.75, 3.05) is 24.8 Å². The summed E-state index contributed by atoms with van der Waals surface area (Å²) in [5, 5.41) is 4.11. The molecule has 2 aromatic heterocycles. The minimum Gasteiger partial charge on any atom is -0.467 e. The lowest BCUT2D eigenvalue weighted by atomic mass is 10.2. The number of hydrogen-bond acceptors (Lipinski definition) is 7. The van der Waals surface area contributed by atoms with Crippen molar-refractivity contribution in [1.82, 2.24) is 14.8 Å². The van der Waals surface area contributed by atoms with Crippen LogP contribution in [0.3, 0.4) is 0 Å². The smallest absolute Gasteiger partial charge is 0.328 e. The molecule has 140 valence electrons. The van der Waals surface area contributed by atoms with Gasteiger partial charge in [-0.1, -0.05) is 11.6 Å². The molecule has 0 N–H and O–H groups in total. The van der Waals surface area contributed by atoms with Crippen molar-refractivity contribution >= 4 is 33.2 Å². The summed E-state index contributed by atoms with van der Waals surface area (Å²) in [6.07, 6.45) is 2.91. The van der Waals surface area contributed by atoms with Gasteiger partial charge >= 0.3 is 5.97 Å². The highest BCUT2D eigenvalue weighted by Gasteiger charge is 2.43. The molecule has 1 aliphatic heterocycles. The third-order valence-corrected chi connectivity index (χ3v) is 6.16. The molecule has 0 saturated carbocycles. The van der Waals surface area contributed by atoms with E-state index in [1.54, 1.807) is 34.0 Å². The third-order valence-electron chi connectivity index (χ3n) is 4.40. The van der Waals surface area contributed by atoms with Gasteiger partial charge < -0.3 is 9.64 Å². The summed E-state index contributed by atoms with van der Waals surface area (Å²) in [7, 11) is -2.01. The largest absolute Gasteiger partial charge is 0.467 e. The minimum absolute atomic E-state index is 0.173. The van der Waals surface area contributed by atoms with Gasteiger partial charge in [-0.2, -0.15) is 5.10 Å². The lowest BCUT2D eigenvalue weighted by molar-refractivity contribution is -0.141. The molecular formula is C16H19ClN4O4S. The average Bonchev–Trinajstić information content (AvgIpc) is 3.17. The van der Waals surface area contributed by atoms with E-state index < -0.39 is 27.1 Å². The number of sulfone groups is 1. The van der Waals surface area contributed by atoms with Gasteiger partial charge in [-0.15, -0.1) is 0 Å². The molecule has 0 aromatic carbocycles. The second-order valence-corrected chi connectivity index (χ2v) is 8.98. The van der Waals surface area contributed by atoms with Gasteiger partial charge in [0.1, 0.15) is 17.0 Å². The third kappa shape index (κ3) is 3.54. The Balaban J connectivity index is 2.08. The van der Waals surface area contributed by atoms with Gasteiger partial charge in [-0.05, 0) is 19.4 Å². The Morgan fingerprint density at radius 1 is 1.38 bits per heavy atom. The summed E-state index contributed by atoms with van der Waals surface area (Å²) in [4.78, 5) is 17.9. The van der Waals surface area contributed by atoms with Crippen LogP contribution >= 0.6 is 11.6 Å². The number of carbonyl (C=O) groups excluding carboxylic acids is 1. The normalized spacial score (nSPS) is 20.4. The van der Waals surface area contributed by atoms with Crippen LogP contribution in [0.2, 0.25) is 5.15 Å². The fourth-order valence-corrected chi connectivity index (χ4v) is 4.26. The number of rotatable bonds is 4. The molecule has 2 atom stereocenters. The molecule has 3 rings (SSSR count). The fourth-order valence-electron chi connectivity index (χ4n) is 3.12. The number of aromatic nitrogens is 3. The van der Waals surface area contributed by atoms with Gasteiger partial charge in [-0.3, -0.25) is 0 Å². The van der Waals surface area contributed by atoms with Crippen molar-refractivity contribution in [2.24, 2.45) is 0 Å². The topological polar surface area (TPSA) is 94.4 Å². The highest BCUT2D eigenvalue weighted by molar-refractivity contribution is 7.91. The second kappa shape index (κ2) is 6.88. The summed E-state index contributed by atoms with van der Waals surface area (Å²) in [6, 6.07) is 4.48. The minimum atomic E-state index is -3.31. The van der Waals surface area contributed by atoms with Crippen LogP contribution in [0, 0.1) is 6.92 Å². The molecule has 3 heterocycles. The van der Waals surface area contributed by atoms with Crippen LogP contribution < -0.4 is 4.90 Å². The van der Waals surface area contributed by atoms with Crippen LogP contribution in [-0.2, 0) is 19.4 Å². The Bertz CT molecular complexity index is 943. The van der Waals surface area contributed by atoms with Crippen LogP contribution in [0.1, 0.15) is 12.1 Å². The van der Waals surface area contributed by atoms with E-state index in [2.05, 4.69) is 10.1 Å². The van der Waals surface area contributed by atoms with Crippen molar-refractivity contribution in [2.45, 2.75) is 24.6 Å². The molecule has 1 fully saturated rings. The number of carbonyl (C=O) groups is 1. The first-order valence-corrected chi connectivity index (χ1v) is 10.3. The zero-order chi connectivity index (χ0) is 19.1. The number of methoxy groups -OCH3 is 1. The van der Waals surface area contributed by atoms with E-state index in [0.29, 0.717) is 16.7 Å². The first kappa shape index (κ1) is 18.7. The monoisotopic (exact) mass is 398 g/mol. The summed E-state index contributed by atoms with van der Waals surface area (Å²) in [5.74, 6) is 0.126. The van der Waals surface area contributed by atoms with Crippen molar-refractivity contribution in [3.63, 3.8) is 0 Å². The number of esters is 1. The maximum Gasteiger partial charge on any atom is 0.328 e. The number of aryl methyl sites for hydroxylation is 1. The first-order chi connectivity index (χ1) is 12.2. The Kier molecular flexibility index (Phi) is 4.94. The maximum absolute atomic E-state index is 12.3. The van der Waals surface area contributed by atoms with Gasteiger partial charge in [0.25, 0.3) is 0 Å². The summed E-state index contributed by atoms with van der Waals surface area (Å²) in [5.41, 5.74) is 1.39. The second-order valence-electron chi connectivity index (χ2n) is 6.27. The van der Waals surface area contributed by atoms with E-state index in [9.17, 15) is 13.2 Å². The number of hydrogen-bond donors (Lipinski definition) is 0. The first-order valence-electron chi connectivity index (χ1n) is 7.92. The Morgan fingerprint density at radius 3 is 2.73 bits per heavy atom.